The number of fused-ring (bicyclic) bond motifs is 1. The molecule has 0 unspecified atom stereocenters. The normalized spacial score (nSPS) is 10.8. The van der Waals surface area contributed by atoms with Crippen molar-refractivity contribution in [1.82, 2.24) is 19.9 Å². The summed E-state index contributed by atoms with van der Waals surface area (Å²) in [6.45, 7) is 0.177. The van der Waals surface area contributed by atoms with Gasteiger partial charge < -0.3 is 14.6 Å². The fraction of sp³-hybridized carbons (Fsp3) is 0.100. The molecule has 29 heavy (non-hydrogen) atoms. The van der Waals surface area contributed by atoms with Crippen molar-refractivity contribution < 1.29 is 9.53 Å². The van der Waals surface area contributed by atoms with E-state index in [-0.39, 0.29) is 18.0 Å². The van der Waals surface area contributed by atoms with Crippen molar-refractivity contribution in [2.75, 3.05) is 7.05 Å². The summed E-state index contributed by atoms with van der Waals surface area (Å²) < 4.78 is 7.16. The number of nitrogens with one attached hydrogen (secondary N) is 1. The summed E-state index contributed by atoms with van der Waals surface area (Å²) in [5.41, 5.74) is 0.843. The van der Waals surface area contributed by atoms with Gasteiger partial charge in [-0.15, -0.1) is 11.3 Å². The first-order chi connectivity index (χ1) is 14.0. The summed E-state index contributed by atoms with van der Waals surface area (Å²) in [4.78, 5) is 37.6. The summed E-state index contributed by atoms with van der Waals surface area (Å²) in [6, 6.07) is 12.5. The first kappa shape index (κ1) is 19.3. The van der Waals surface area contributed by atoms with Gasteiger partial charge in [0.1, 0.15) is 16.3 Å². The number of nitrogens with zero attached hydrogens (tertiary/aromatic N) is 3. The highest BCUT2D eigenvalue weighted by Gasteiger charge is 2.15. The Morgan fingerprint density at radius 1 is 1.28 bits per heavy atom. The zero-order chi connectivity index (χ0) is 20.4. The predicted octanol–water partition coefficient (Wildman–Crippen LogP) is 4.21. The van der Waals surface area contributed by atoms with Crippen molar-refractivity contribution in [3.8, 4) is 11.6 Å². The molecule has 0 spiro atoms. The number of ether oxygens (including phenoxy) is 1. The molecule has 0 fully saturated rings. The van der Waals surface area contributed by atoms with E-state index in [1.54, 1.807) is 25.2 Å². The highest BCUT2D eigenvalue weighted by molar-refractivity contribution is 9.10. The second-order valence-corrected chi connectivity index (χ2v) is 8.09. The quantitative estimate of drug-likeness (QED) is 0.471. The van der Waals surface area contributed by atoms with Gasteiger partial charge in [0.25, 0.3) is 11.5 Å². The molecular weight excluding hydrogens is 456 g/mol. The Labute approximate surface area is 178 Å². The highest BCUT2D eigenvalue weighted by atomic mass is 79.9. The van der Waals surface area contributed by atoms with E-state index >= 15 is 0 Å². The number of hydrogen-bond donors (Lipinski definition) is 1. The van der Waals surface area contributed by atoms with Gasteiger partial charge in [-0.1, -0.05) is 22.0 Å². The molecule has 0 bridgehead atoms. The van der Waals surface area contributed by atoms with E-state index in [2.05, 4.69) is 30.9 Å². The number of carbonyl (C=O) groups is 1. The van der Waals surface area contributed by atoms with Crippen LogP contribution in [0.1, 0.15) is 16.2 Å². The summed E-state index contributed by atoms with van der Waals surface area (Å²) in [5, 5.41) is 1.81. The Morgan fingerprint density at radius 2 is 2.14 bits per heavy atom. The fourth-order valence-electron chi connectivity index (χ4n) is 2.73. The Kier molecular flexibility index (Phi) is 5.41. The number of pyridine rings is 1. The lowest BCUT2D eigenvalue weighted by Crippen LogP contribution is -2.28. The Morgan fingerprint density at radius 3 is 2.90 bits per heavy atom. The maximum Gasteiger partial charge on any atom is 0.268 e. The molecule has 0 aliphatic rings. The zero-order valence-electron chi connectivity index (χ0n) is 15.3. The molecule has 0 radical (unpaired) electrons. The molecule has 0 saturated carbocycles. The topological polar surface area (TPSA) is 88.2 Å². The lowest BCUT2D eigenvalue weighted by atomic mass is 10.2. The van der Waals surface area contributed by atoms with Crippen LogP contribution < -0.4 is 10.3 Å². The number of hydrogen-bond acceptors (Lipinski definition) is 6. The van der Waals surface area contributed by atoms with E-state index < -0.39 is 0 Å². The van der Waals surface area contributed by atoms with Crippen LogP contribution in [0, 0.1) is 0 Å². The van der Waals surface area contributed by atoms with Gasteiger partial charge in [0, 0.05) is 23.8 Å². The molecule has 1 aromatic carbocycles. The third kappa shape index (κ3) is 4.36. The van der Waals surface area contributed by atoms with Crippen LogP contribution in [0.25, 0.3) is 10.2 Å². The summed E-state index contributed by atoms with van der Waals surface area (Å²) in [5.74, 6) is 1.22. The van der Waals surface area contributed by atoms with E-state index in [0.29, 0.717) is 33.2 Å². The van der Waals surface area contributed by atoms with E-state index in [9.17, 15) is 9.59 Å². The van der Waals surface area contributed by atoms with Crippen molar-refractivity contribution in [3.63, 3.8) is 0 Å². The smallest absolute Gasteiger partial charge is 0.268 e. The summed E-state index contributed by atoms with van der Waals surface area (Å²) in [6.07, 6.45) is 1.46. The summed E-state index contributed by atoms with van der Waals surface area (Å²) >= 11 is 4.73. The molecule has 0 atom stereocenters. The standard InChI is InChI=1S/C20H15BrN4O3S/c1-25(11-16-23-15-7-8-29-18(15)19(26)24-16)20(27)12-5-6-17(22-10-12)28-14-4-2-3-13(21)9-14/h2-10H,11H2,1H3,(H,23,24,26). The zero-order valence-corrected chi connectivity index (χ0v) is 17.7. The van der Waals surface area contributed by atoms with Crippen LogP contribution in [0.4, 0.5) is 0 Å². The molecule has 1 N–H and O–H groups in total. The second kappa shape index (κ2) is 8.14. The monoisotopic (exact) mass is 470 g/mol. The molecule has 0 aliphatic carbocycles. The minimum Gasteiger partial charge on any atom is -0.439 e. The maximum atomic E-state index is 12.7. The number of aromatic amines is 1. The van der Waals surface area contributed by atoms with E-state index in [1.807, 2.05) is 29.6 Å². The third-order valence-corrected chi connectivity index (χ3v) is 5.49. The van der Waals surface area contributed by atoms with Crippen molar-refractivity contribution in [2.45, 2.75) is 6.54 Å². The van der Waals surface area contributed by atoms with Crippen LogP contribution in [0.15, 0.2) is 63.3 Å². The van der Waals surface area contributed by atoms with E-state index in [4.69, 9.17) is 4.74 Å². The first-order valence-electron chi connectivity index (χ1n) is 8.61. The van der Waals surface area contributed by atoms with Crippen LogP contribution >= 0.6 is 27.3 Å². The molecule has 4 aromatic rings. The Hall–Kier alpha value is -3.04. The van der Waals surface area contributed by atoms with Gasteiger partial charge in [-0.2, -0.15) is 0 Å². The van der Waals surface area contributed by atoms with Crippen LogP contribution in [0.2, 0.25) is 0 Å². The number of thiophene rings is 1. The van der Waals surface area contributed by atoms with Gasteiger partial charge in [-0.25, -0.2) is 9.97 Å². The van der Waals surface area contributed by atoms with Crippen LogP contribution in [0.3, 0.4) is 0 Å². The minimum absolute atomic E-state index is 0.177. The molecule has 0 saturated heterocycles. The van der Waals surface area contributed by atoms with Gasteiger partial charge in [0.05, 0.1) is 17.6 Å². The number of amides is 1. The molecule has 3 heterocycles. The number of aromatic nitrogens is 3. The molecule has 0 aliphatic heterocycles. The number of halogens is 1. The predicted molar refractivity (Wildman–Crippen MR) is 114 cm³/mol. The number of H-pyrrole nitrogens is 1. The number of carbonyl (C=O) groups excluding carboxylic acids is 1. The molecule has 3 aromatic heterocycles. The Bertz CT molecular complexity index is 1240. The molecule has 9 heteroatoms. The molecular formula is C20H15BrN4O3S. The number of benzene rings is 1. The second-order valence-electron chi connectivity index (χ2n) is 6.25. The average molecular weight is 471 g/mol. The van der Waals surface area contributed by atoms with E-state index in [0.717, 1.165) is 4.47 Å². The van der Waals surface area contributed by atoms with Crippen LogP contribution in [-0.4, -0.2) is 32.8 Å². The Balaban J connectivity index is 1.46. The molecule has 146 valence electrons. The lowest BCUT2D eigenvalue weighted by Gasteiger charge is -2.16. The maximum absolute atomic E-state index is 12.7. The van der Waals surface area contributed by atoms with Gasteiger partial charge in [0.2, 0.25) is 5.88 Å². The first-order valence-corrected chi connectivity index (χ1v) is 10.3. The van der Waals surface area contributed by atoms with Crippen molar-refractivity contribution >= 4 is 43.4 Å². The summed E-state index contributed by atoms with van der Waals surface area (Å²) in [7, 11) is 1.64. The SMILES string of the molecule is CN(Cc1nc2ccsc2c(=O)[nH]1)C(=O)c1ccc(Oc2cccc(Br)c2)nc1. The molecule has 1 amide bonds. The van der Waals surface area contributed by atoms with Crippen LogP contribution in [0.5, 0.6) is 11.6 Å². The lowest BCUT2D eigenvalue weighted by molar-refractivity contribution is 0.0781. The highest BCUT2D eigenvalue weighted by Crippen LogP contribution is 2.23. The van der Waals surface area contributed by atoms with Crippen LogP contribution in [-0.2, 0) is 6.54 Å². The van der Waals surface area contributed by atoms with E-state index in [1.165, 1.54) is 22.4 Å². The van der Waals surface area contributed by atoms with Gasteiger partial charge in [0.15, 0.2) is 0 Å². The largest absolute Gasteiger partial charge is 0.439 e. The van der Waals surface area contributed by atoms with Crippen molar-refractivity contribution in [3.05, 3.63) is 80.3 Å². The molecule has 7 nitrogen and oxygen atoms in total. The van der Waals surface area contributed by atoms with Crippen molar-refractivity contribution in [2.24, 2.45) is 0 Å². The van der Waals surface area contributed by atoms with Gasteiger partial charge in [-0.3, -0.25) is 9.59 Å². The fourth-order valence-corrected chi connectivity index (χ4v) is 3.84. The van der Waals surface area contributed by atoms with Gasteiger partial charge in [-0.05, 0) is 35.7 Å². The molecule has 4 rings (SSSR count). The minimum atomic E-state index is -0.237. The van der Waals surface area contributed by atoms with Gasteiger partial charge >= 0.3 is 0 Å². The third-order valence-electron chi connectivity index (χ3n) is 4.10. The van der Waals surface area contributed by atoms with Crippen molar-refractivity contribution in [1.29, 1.82) is 0 Å². The average Bonchev–Trinajstić information content (AvgIpc) is 3.17. The number of rotatable bonds is 5.